The van der Waals surface area contributed by atoms with E-state index in [9.17, 15) is 9.59 Å². The number of para-hydroxylation sites is 2. The first-order valence-corrected chi connectivity index (χ1v) is 9.27. The fourth-order valence-corrected chi connectivity index (χ4v) is 3.32. The summed E-state index contributed by atoms with van der Waals surface area (Å²) in [5.74, 6) is 1.04. The molecule has 0 fully saturated rings. The minimum Gasteiger partial charge on any atom is -0.408 e. The van der Waals surface area contributed by atoms with Gasteiger partial charge in [-0.1, -0.05) is 42.0 Å². The normalized spacial score (nSPS) is 10.9. The minimum absolute atomic E-state index is 0.0293. The molecule has 3 aromatic rings. The number of thioether (sulfide) groups is 1. The summed E-state index contributed by atoms with van der Waals surface area (Å²) in [6.45, 7) is 2.61. The number of carbonyl (C=O) groups excluding carboxylic acids is 1. The second kappa shape index (κ2) is 8.07. The zero-order valence-electron chi connectivity index (χ0n) is 14.0. The van der Waals surface area contributed by atoms with Gasteiger partial charge >= 0.3 is 5.76 Å². The largest absolute Gasteiger partial charge is 0.420 e. The molecule has 1 N–H and O–H groups in total. The van der Waals surface area contributed by atoms with Gasteiger partial charge < -0.3 is 9.73 Å². The summed E-state index contributed by atoms with van der Waals surface area (Å²) < 4.78 is 6.47. The van der Waals surface area contributed by atoms with Crippen LogP contribution in [-0.2, 0) is 17.1 Å². The molecule has 1 heterocycles. The van der Waals surface area contributed by atoms with Gasteiger partial charge in [0.1, 0.15) is 6.54 Å². The molecule has 0 aliphatic heterocycles. The van der Waals surface area contributed by atoms with Crippen molar-refractivity contribution in [2.75, 3.05) is 12.3 Å². The molecular formula is C19H20N2O3S. The van der Waals surface area contributed by atoms with Crippen LogP contribution in [-0.4, -0.2) is 22.8 Å². The highest BCUT2D eigenvalue weighted by molar-refractivity contribution is 7.98. The van der Waals surface area contributed by atoms with Gasteiger partial charge in [-0.2, -0.15) is 11.8 Å². The second-order valence-electron chi connectivity index (χ2n) is 5.81. The molecule has 0 unspecified atom stereocenters. The van der Waals surface area contributed by atoms with E-state index in [4.69, 9.17) is 4.42 Å². The average Bonchev–Trinajstić information content (AvgIpc) is 2.92. The Kier molecular flexibility index (Phi) is 5.60. The molecule has 0 saturated carbocycles. The Morgan fingerprint density at radius 2 is 1.92 bits per heavy atom. The topological polar surface area (TPSA) is 64.2 Å². The fourth-order valence-electron chi connectivity index (χ4n) is 2.50. The predicted molar refractivity (Wildman–Crippen MR) is 101 cm³/mol. The number of aromatic nitrogens is 1. The molecule has 0 spiro atoms. The molecule has 1 amide bonds. The maximum atomic E-state index is 12.1. The van der Waals surface area contributed by atoms with E-state index < -0.39 is 5.76 Å². The summed E-state index contributed by atoms with van der Waals surface area (Å²) in [5, 5.41) is 2.85. The van der Waals surface area contributed by atoms with E-state index >= 15 is 0 Å². The summed E-state index contributed by atoms with van der Waals surface area (Å²) in [6.07, 6.45) is 0. The Balaban J connectivity index is 1.44. The summed E-state index contributed by atoms with van der Waals surface area (Å²) in [6, 6.07) is 15.5. The van der Waals surface area contributed by atoms with Crippen LogP contribution in [0.25, 0.3) is 11.1 Å². The van der Waals surface area contributed by atoms with Crippen molar-refractivity contribution in [2.24, 2.45) is 0 Å². The van der Waals surface area contributed by atoms with Crippen LogP contribution in [0, 0.1) is 6.92 Å². The molecule has 2 aromatic carbocycles. The Bertz CT molecular complexity index is 912. The number of benzene rings is 2. The Morgan fingerprint density at radius 1 is 1.16 bits per heavy atom. The van der Waals surface area contributed by atoms with Crippen LogP contribution in [0.3, 0.4) is 0 Å². The van der Waals surface area contributed by atoms with Gasteiger partial charge in [0, 0.05) is 18.1 Å². The lowest BCUT2D eigenvalue weighted by Crippen LogP contribution is -2.32. The number of amides is 1. The van der Waals surface area contributed by atoms with Crippen LogP contribution < -0.4 is 11.1 Å². The number of hydrogen-bond donors (Lipinski definition) is 1. The molecule has 0 atom stereocenters. The van der Waals surface area contributed by atoms with E-state index in [1.165, 1.54) is 15.7 Å². The summed E-state index contributed by atoms with van der Waals surface area (Å²) in [5.41, 5.74) is 3.66. The van der Waals surface area contributed by atoms with Crippen LogP contribution in [0.2, 0.25) is 0 Å². The van der Waals surface area contributed by atoms with Crippen LogP contribution in [0.5, 0.6) is 0 Å². The quantitative estimate of drug-likeness (QED) is 0.661. The number of nitrogens with one attached hydrogen (secondary N) is 1. The number of aryl methyl sites for hydroxylation is 1. The van der Waals surface area contributed by atoms with Gasteiger partial charge in [0.25, 0.3) is 0 Å². The molecule has 0 aliphatic carbocycles. The summed E-state index contributed by atoms with van der Waals surface area (Å²) in [4.78, 5) is 23.9. The van der Waals surface area contributed by atoms with E-state index in [1.807, 2.05) is 6.07 Å². The minimum atomic E-state index is -0.509. The van der Waals surface area contributed by atoms with Crippen molar-refractivity contribution in [3.05, 3.63) is 70.2 Å². The molecule has 6 heteroatoms. The van der Waals surface area contributed by atoms with Crippen LogP contribution in [0.15, 0.2) is 57.7 Å². The number of oxazole rings is 1. The van der Waals surface area contributed by atoms with E-state index in [0.29, 0.717) is 17.6 Å². The maximum absolute atomic E-state index is 12.1. The smallest absolute Gasteiger partial charge is 0.408 e. The van der Waals surface area contributed by atoms with Gasteiger partial charge in [-0.25, -0.2) is 4.79 Å². The van der Waals surface area contributed by atoms with Crippen LogP contribution in [0.1, 0.15) is 11.1 Å². The predicted octanol–water partition coefficient (Wildman–Crippen LogP) is 2.95. The zero-order chi connectivity index (χ0) is 17.6. The number of fused-ring (bicyclic) bond motifs is 1. The van der Waals surface area contributed by atoms with E-state index in [-0.39, 0.29) is 12.5 Å². The molecule has 0 bridgehead atoms. The Morgan fingerprint density at radius 3 is 2.72 bits per heavy atom. The van der Waals surface area contributed by atoms with Crippen molar-refractivity contribution < 1.29 is 9.21 Å². The van der Waals surface area contributed by atoms with Crippen LogP contribution in [0.4, 0.5) is 0 Å². The second-order valence-corrected chi connectivity index (χ2v) is 6.92. The fraction of sp³-hybridized carbons (Fsp3) is 0.263. The van der Waals surface area contributed by atoms with Gasteiger partial charge in [-0.15, -0.1) is 0 Å². The SMILES string of the molecule is Cc1ccc(CSCCNC(=O)Cn2c(=O)oc3ccccc32)cc1. The highest BCUT2D eigenvalue weighted by Crippen LogP contribution is 2.13. The summed E-state index contributed by atoms with van der Waals surface area (Å²) >= 11 is 1.77. The molecule has 130 valence electrons. The first-order chi connectivity index (χ1) is 12.1. The average molecular weight is 356 g/mol. The number of hydrogen-bond acceptors (Lipinski definition) is 4. The Labute approximate surface area is 150 Å². The van der Waals surface area contributed by atoms with Crippen molar-refractivity contribution in [2.45, 2.75) is 19.2 Å². The number of rotatable bonds is 7. The zero-order valence-corrected chi connectivity index (χ0v) is 14.8. The van der Waals surface area contributed by atoms with Crippen molar-refractivity contribution >= 4 is 28.8 Å². The lowest BCUT2D eigenvalue weighted by atomic mass is 10.2. The van der Waals surface area contributed by atoms with E-state index in [2.05, 4.69) is 36.5 Å². The molecule has 0 radical (unpaired) electrons. The monoisotopic (exact) mass is 356 g/mol. The van der Waals surface area contributed by atoms with Crippen LogP contribution >= 0.6 is 11.8 Å². The van der Waals surface area contributed by atoms with Gasteiger partial charge in [0.05, 0.1) is 5.52 Å². The van der Waals surface area contributed by atoms with Crippen molar-refractivity contribution in [1.82, 2.24) is 9.88 Å². The van der Waals surface area contributed by atoms with E-state index in [0.717, 1.165) is 11.5 Å². The van der Waals surface area contributed by atoms with Gasteiger partial charge in [0.2, 0.25) is 5.91 Å². The first kappa shape index (κ1) is 17.4. The molecule has 5 nitrogen and oxygen atoms in total. The third kappa shape index (κ3) is 4.54. The summed E-state index contributed by atoms with van der Waals surface area (Å²) in [7, 11) is 0. The third-order valence-corrected chi connectivity index (χ3v) is 4.86. The van der Waals surface area contributed by atoms with E-state index in [1.54, 1.807) is 30.0 Å². The molecular weight excluding hydrogens is 336 g/mol. The number of nitrogens with zero attached hydrogens (tertiary/aromatic N) is 1. The van der Waals surface area contributed by atoms with Gasteiger partial charge in [-0.05, 0) is 24.6 Å². The molecule has 3 rings (SSSR count). The third-order valence-electron chi connectivity index (χ3n) is 3.83. The van der Waals surface area contributed by atoms with Gasteiger partial charge in [0.15, 0.2) is 5.58 Å². The maximum Gasteiger partial charge on any atom is 0.420 e. The molecule has 1 aromatic heterocycles. The lowest BCUT2D eigenvalue weighted by molar-refractivity contribution is -0.121. The highest BCUT2D eigenvalue weighted by Gasteiger charge is 2.11. The highest BCUT2D eigenvalue weighted by atomic mass is 32.2. The molecule has 25 heavy (non-hydrogen) atoms. The molecule has 0 aliphatic rings. The van der Waals surface area contributed by atoms with Gasteiger partial charge in [-0.3, -0.25) is 9.36 Å². The van der Waals surface area contributed by atoms with Crippen molar-refractivity contribution in [1.29, 1.82) is 0 Å². The van der Waals surface area contributed by atoms with Crippen molar-refractivity contribution in [3.8, 4) is 0 Å². The lowest BCUT2D eigenvalue weighted by Gasteiger charge is -2.06. The number of carbonyl (C=O) groups is 1. The first-order valence-electron chi connectivity index (χ1n) is 8.12. The Hall–Kier alpha value is -2.47. The van der Waals surface area contributed by atoms with Crippen molar-refractivity contribution in [3.63, 3.8) is 0 Å². The standard InChI is InChI=1S/C19H20N2O3S/c1-14-6-8-15(9-7-14)13-25-11-10-20-18(22)12-21-16-4-2-3-5-17(16)24-19(21)23/h2-9H,10-13H2,1H3,(H,20,22). The molecule has 0 saturated heterocycles.